The normalized spacial score (nSPS) is 15.6. The van der Waals surface area contributed by atoms with E-state index < -0.39 is 5.60 Å². The Kier molecular flexibility index (Phi) is 9.17. The fourth-order valence-electron chi connectivity index (χ4n) is 3.96. The molecule has 1 saturated carbocycles. The molecule has 0 atom stereocenters. The summed E-state index contributed by atoms with van der Waals surface area (Å²) >= 11 is 1.70. The average Bonchev–Trinajstić information content (AvgIpc) is 3.51. The maximum atomic E-state index is 13.3. The molecular weight excluding hydrogens is 448 g/mol. The number of amides is 2. The van der Waals surface area contributed by atoms with Crippen LogP contribution in [-0.4, -0.2) is 48.0 Å². The number of fused-ring (bicyclic) bond motifs is 1. The minimum absolute atomic E-state index is 0.104. The van der Waals surface area contributed by atoms with Crippen molar-refractivity contribution in [3.8, 4) is 0 Å². The number of thiophene rings is 1. The molecule has 0 bridgehead atoms. The molecular formula is C26H40N4O3S. The van der Waals surface area contributed by atoms with Crippen LogP contribution in [0.25, 0.3) is 6.08 Å². The van der Waals surface area contributed by atoms with E-state index in [9.17, 15) is 9.59 Å². The lowest BCUT2D eigenvalue weighted by Gasteiger charge is -2.23. The SMILES string of the molecule is CCCN(CC1CC1)C(=O)C1=Cc2sc(CCCCCNC(=O)OC(C)(C)C)cc2N=C(N)C1. The number of nitrogens with one attached hydrogen (secondary N) is 1. The Labute approximate surface area is 207 Å². The molecule has 0 radical (unpaired) electrons. The molecule has 1 aliphatic carbocycles. The molecule has 0 saturated heterocycles. The van der Waals surface area contributed by atoms with Crippen LogP contribution < -0.4 is 11.1 Å². The summed E-state index contributed by atoms with van der Waals surface area (Å²) in [5, 5.41) is 2.80. The molecule has 1 aromatic heterocycles. The fraction of sp³-hybridized carbons (Fsp3) is 0.654. The number of nitrogens with zero attached hydrogens (tertiary/aromatic N) is 2. The first-order chi connectivity index (χ1) is 16.1. The van der Waals surface area contributed by atoms with Crippen LogP contribution in [0, 0.1) is 5.92 Å². The van der Waals surface area contributed by atoms with Crippen molar-refractivity contribution in [2.75, 3.05) is 19.6 Å². The number of rotatable bonds is 11. The molecule has 2 heterocycles. The Morgan fingerprint density at radius 1 is 1.26 bits per heavy atom. The van der Waals surface area contributed by atoms with Crippen LogP contribution in [0.5, 0.6) is 0 Å². The van der Waals surface area contributed by atoms with E-state index in [1.807, 2.05) is 31.7 Å². The predicted octanol–water partition coefficient (Wildman–Crippen LogP) is 5.41. The number of hydrogen-bond donors (Lipinski definition) is 2. The van der Waals surface area contributed by atoms with Crippen LogP contribution in [0.2, 0.25) is 0 Å². The first-order valence-corrected chi connectivity index (χ1v) is 13.4. The Morgan fingerprint density at radius 2 is 2.03 bits per heavy atom. The highest BCUT2D eigenvalue weighted by Crippen LogP contribution is 2.36. The van der Waals surface area contributed by atoms with Gasteiger partial charge in [0.2, 0.25) is 5.91 Å². The summed E-state index contributed by atoms with van der Waals surface area (Å²) in [7, 11) is 0. The molecule has 0 unspecified atom stereocenters. The zero-order valence-corrected chi connectivity index (χ0v) is 21.9. The van der Waals surface area contributed by atoms with Gasteiger partial charge in [-0.1, -0.05) is 13.3 Å². The van der Waals surface area contributed by atoms with Gasteiger partial charge in [-0.3, -0.25) is 4.79 Å². The highest BCUT2D eigenvalue weighted by Gasteiger charge is 2.28. The van der Waals surface area contributed by atoms with Crippen molar-refractivity contribution in [2.45, 2.75) is 84.7 Å². The second-order valence-corrected chi connectivity index (χ2v) is 11.5. The molecule has 8 heteroatoms. The van der Waals surface area contributed by atoms with Gasteiger partial charge in [0.1, 0.15) is 11.4 Å². The monoisotopic (exact) mass is 488 g/mol. The van der Waals surface area contributed by atoms with Crippen LogP contribution in [-0.2, 0) is 16.0 Å². The zero-order valence-electron chi connectivity index (χ0n) is 21.1. The Balaban J connectivity index is 1.52. The third-order valence-electron chi connectivity index (χ3n) is 5.73. The highest BCUT2D eigenvalue weighted by atomic mass is 32.1. The summed E-state index contributed by atoms with van der Waals surface area (Å²) in [5.74, 6) is 1.27. The summed E-state index contributed by atoms with van der Waals surface area (Å²) in [5.41, 5.74) is 7.33. The highest BCUT2D eigenvalue weighted by molar-refractivity contribution is 7.13. The average molecular weight is 489 g/mol. The number of hydrogen-bond acceptors (Lipinski definition) is 6. The number of nitrogens with two attached hydrogens (primary N) is 1. The molecule has 1 fully saturated rings. The minimum Gasteiger partial charge on any atom is -0.444 e. The lowest BCUT2D eigenvalue weighted by atomic mass is 10.1. The van der Waals surface area contributed by atoms with E-state index in [-0.39, 0.29) is 12.0 Å². The molecule has 0 spiro atoms. The minimum atomic E-state index is -0.475. The number of carbonyl (C=O) groups excluding carboxylic acids is 2. The lowest BCUT2D eigenvalue weighted by Crippen LogP contribution is -2.35. The summed E-state index contributed by atoms with van der Waals surface area (Å²) in [4.78, 5) is 33.8. The van der Waals surface area contributed by atoms with Crippen LogP contribution >= 0.6 is 11.3 Å². The van der Waals surface area contributed by atoms with Gasteiger partial charge in [0, 0.05) is 36.5 Å². The number of alkyl carbamates (subject to hydrolysis) is 1. The third-order valence-corrected chi connectivity index (χ3v) is 6.86. The maximum Gasteiger partial charge on any atom is 0.407 e. The van der Waals surface area contributed by atoms with Crippen molar-refractivity contribution in [1.82, 2.24) is 10.2 Å². The van der Waals surface area contributed by atoms with Crippen molar-refractivity contribution in [2.24, 2.45) is 16.6 Å². The number of carbonyl (C=O) groups is 2. The van der Waals surface area contributed by atoms with Crippen LogP contribution in [0.4, 0.5) is 10.5 Å². The van der Waals surface area contributed by atoms with Gasteiger partial charge in [-0.05, 0) is 77.4 Å². The Bertz CT molecular complexity index is 925. The van der Waals surface area contributed by atoms with Gasteiger partial charge >= 0.3 is 6.09 Å². The van der Waals surface area contributed by atoms with Crippen molar-refractivity contribution < 1.29 is 14.3 Å². The van der Waals surface area contributed by atoms with E-state index in [1.165, 1.54) is 17.7 Å². The second kappa shape index (κ2) is 11.9. The third kappa shape index (κ3) is 8.46. The molecule has 2 aliphatic rings. The number of ether oxygens (including phenoxy) is 1. The number of unbranched alkanes of at least 4 members (excludes halogenated alkanes) is 2. The molecule has 1 aromatic rings. The van der Waals surface area contributed by atoms with Crippen molar-refractivity contribution >= 4 is 40.9 Å². The van der Waals surface area contributed by atoms with E-state index in [0.29, 0.717) is 24.7 Å². The maximum absolute atomic E-state index is 13.3. The van der Waals surface area contributed by atoms with E-state index >= 15 is 0 Å². The van der Waals surface area contributed by atoms with Gasteiger partial charge in [0.05, 0.1) is 10.6 Å². The summed E-state index contributed by atoms with van der Waals surface area (Å²) < 4.78 is 5.25. The quantitative estimate of drug-likeness (QED) is 0.407. The molecule has 188 valence electrons. The van der Waals surface area contributed by atoms with Gasteiger partial charge in [0.25, 0.3) is 0 Å². The zero-order chi connectivity index (χ0) is 24.7. The molecule has 0 aromatic carbocycles. The van der Waals surface area contributed by atoms with E-state index in [4.69, 9.17) is 10.5 Å². The van der Waals surface area contributed by atoms with Gasteiger partial charge in [0.15, 0.2) is 0 Å². The van der Waals surface area contributed by atoms with Gasteiger partial charge in [-0.2, -0.15) is 0 Å². The van der Waals surface area contributed by atoms with E-state index in [1.54, 1.807) is 11.3 Å². The standard InChI is InChI=1S/C26H40N4O3S/c1-5-13-30(17-18-10-11-18)24(31)19-14-22-21(29-23(27)15-19)16-20(34-22)9-7-6-8-12-28-25(32)33-26(2,3)4/h14,16,18H,5-13,15,17H2,1-4H3,(H2,27,29)(H,28,32). The van der Waals surface area contributed by atoms with Crippen LogP contribution in [0.15, 0.2) is 16.6 Å². The number of aliphatic imine (C=N–C) groups is 1. The lowest BCUT2D eigenvalue weighted by molar-refractivity contribution is -0.127. The molecule has 1 aliphatic heterocycles. The second-order valence-electron chi connectivity index (χ2n) is 10.3. The smallest absolute Gasteiger partial charge is 0.407 e. The van der Waals surface area contributed by atoms with Gasteiger partial charge in [-0.25, -0.2) is 9.79 Å². The topological polar surface area (TPSA) is 97.0 Å². The molecule has 2 amide bonds. The summed E-state index contributed by atoms with van der Waals surface area (Å²) in [6, 6.07) is 2.10. The van der Waals surface area contributed by atoms with Crippen molar-refractivity contribution in [3.05, 3.63) is 21.4 Å². The van der Waals surface area contributed by atoms with E-state index in [2.05, 4.69) is 23.3 Å². The molecule has 7 nitrogen and oxygen atoms in total. The molecule has 3 rings (SSSR count). The van der Waals surface area contributed by atoms with Crippen LogP contribution in [0.1, 0.15) is 82.4 Å². The van der Waals surface area contributed by atoms with Crippen LogP contribution in [0.3, 0.4) is 0 Å². The number of amidine groups is 1. The first-order valence-electron chi connectivity index (χ1n) is 12.6. The Morgan fingerprint density at radius 3 is 2.71 bits per heavy atom. The largest absolute Gasteiger partial charge is 0.444 e. The summed E-state index contributed by atoms with van der Waals surface area (Å²) in [6.45, 7) is 9.94. The molecule has 34 heavy (non-hydrogen) atoms. The fourth-order valence-corrected chi connectivity index (χ4v) is 5.07. The first kappa shape index (κ1) is 26.3. The summed E-state index contributed by atoms with van der Waals surface area (Å²) in [6.07, 6.45) is 9.35. The molecule has 3 N–H and O–H groups in total. The van der Waals surface area contributed by atoms with E-state index in [0.717, 1.165) is 61.3 Å². The van der Waals surface area contributed by atoms with Crippen molar-refractivity contribution in [1.29, 1.82) is 0 Å². The van der Waals surface area contributed by atoms with Gasteiger partial charge < -0.3 is 20.7 Å². The van der Waals surface area contributed by atoms with Crippen molar-refractivity contribution in [3.63, 3.8) is 0 Å². The predicted molar refractivity (Wildman–Crippen MR) is 140 cm³/mol. The Hall–Kier alpha value is -2.35. The van der Waals surface area contributed by atoms with Gasteiger partial charge in [-0.15, -0.1) is 11.3 Å². The number of aryl methyl sites for hydroxylation is 1.